The molecule has 0 spiro atoms. The second-order valence-electron chi connectivity index (χ2n) is 9.82. The Labute approximate surface area is 270 Å². The van der Waals surface area contributed by atoms with E-state index >= 15 is 0 Å². The smallest absolute Gasteiger partial charge is 0.338 e. The molecule has 5 aromatic rings. The van der Waals surface area contributed by atoms with Gasteiger partial charge in [0.15, 0.2) is 24.1 Å². The summed E-state index contributed by atoms with van der Waals surface area (Å²) < 4.78 is 31.4. The molecule has 1 saturated heterocycles. The lowest BCUT2D eigenvalue weighted by Crippen LogP contribution is -2.41. The lowest BCUT2D eigenvalue weighted by atomic mass is 10.1. The van der Waals surface area contributed by atoms with Crippen LogP contribution in [0, 0.1) is 3.70 Å². The van der Waals surface area contributed by atoms with E-state index in [2.05, 4.69) is 15.1 Å². The molecule has 1 aliphatic heterocycles. The second-order valence-corrected chi connectivity index (χ2v) is 10.8. The van der Waals surface area contributed by atoms with Gasteiger partial charge in [0.1, 0.15) is 28.1 Å². The Morgan fingerprint density at radius 2 is 1.31 bits per heavy atom. The minimum Gasteiger partial charge on any atom is -0.480 e. The number of ether oxygens (including phenoxy) is 5. The summed E-state index contributed by atoms with van der Waals surface area (Å²) in [4.78, 5) is 48.2. The van der Waals surface area contributed by atoms with Gasteiger partial charge in [-0.05, 0) is 59.0 Å². The molecule has 1 fully saturated rings. The topological polar surface area (TPSA) is 141 Å². The van der Waals surface area contributed by atoms with Crippen molar-refractivity contribution in [3.05, 3.63) is 118 Å². The molecule has 3 aromatic carbocycles. The van der Waals surface area contributed by atoms with Gasteiger partial charge in [-0.2, -0.15) is 5.10 Å². The van der Waals surface area contributed by atoms with Crippen molar-refractivity contribution in [1.29, 1.82) is 0 Å². The van der Waals surface area contributed by atoms with Crippen LogP contribution in [0.15, 0.2) is 97.3 Å². The fourth-order valence-corrected chi connectivity index (χ4v) is 5.60. The van der Waals surface area contributed by atoms with E-state index in [-0.39, 0.29) is 23.6 Å². The molecule has 0 bridgehead atoms. The first-order valence-corrected chi connectivity index (χ1v) is 14.8. The minimum atomic E-state index is -1.24. The molecule has 6 rings (SSSR count). The highest BCUT2D eigenvalue weighted by Gasteiger charge is 2.52. The van der Waals surface area contributed by atoms with Gasteiger partial charge >= 0.3 is 17.9 Å². The van der Waals surface area contributed by atoms with Crippen molar-refractivity contribution in [3.8, 4) is 5.88 Å². The molecule has 45 heavy (non-hydrogen) atoms. The summed E-state index contributed by atoms with van der Waals surface area (Å²) in [5.74, 6) is -1.69. The summed E-state index contributed by atoms with van der Waals surface area (Å²) in [6, 6.07) is 25.1. The number of carbonyl (C=O) groups excluding carboxylic acids is 3. The molecule has 12 nitrogen and oxygen atoms in total. The van der Waals surface area contributed by atoms with E-state index in [1.165, 1.54) is 18.1 Å². The second kappa shape index (κ2) is 13.4. The Hall–Kier alpha value is -4.89. The van der Waals surface area contributed by atoms with Gasteiger partial charge in [0, 0.05) is 0 Å². The molecule has 13 heteroatoms. The van der Waals surface area contributed by atoms with Crippen molar-refractivity contribution in [2.75, 3.05) is 13.7 Å². The van der Waals surface area contributed by atoms with E-state index in [9.17, 15) is 14.4 Å². The number of hydrogen-bond donors (Lipinski definition) is 0. The van der Waals surface area contributed by atoms with Crippen LogP contribution in [0.25, 0.3) is 11.0 Å². The Kier molecular flexibility index (Phi) is 8.98. The van der Waals surface area contributed by atoms with E-state index in [1.54, 1.807) is 91.0 Å². The zero-order valence-electron chi connectivity index (χ0n) is 23.7. The van der Waals surface area contributed by atoms with Crippen LogP contribution < -0.4 is 4.74 Å². The molecule has 0 unspecified atom stereocenters. The summed E-state index contributed by atoms with van der Waals surface area (Å²) in [6.45, 7) is -0.328. The van der Waals surface area contributed by atoms with E-state index < -0.39 is 42.4 Å². The highest BCUT2D eigenvalue weighted by atomic mass is 127. The first-order valence-electron chi connectivity index (χ1n) is 13.8. The Morgan fingerprint density at radius 3 is 1.87 bits per heavy atom. The molecule has 2 aromatic heterocycles. The normalized spacial score (nSPS) is 19.2. The summed E-state index contributed by atoms with van der Waals surface area (Å²) in [6.07, 6.45) is -3.38. The highest BCUT2D eigenvalue weighted by molar-refractivity contribution is 14.1. The number of hydrogen-bond acceptors (Lipinski definition) is 11. The van der Waals surface area contributed by atoms with Crippen LogP contribution in [0.4, 0.5) is 0 Å². The van der Waals surface area contributed by atoms with Crippen LogP contribution in [0.3, 0.4) is 0 Å². The van der Waals surface area contributed by atoms with Crippen molar-refractivity contribution in [2.24, 2.45) is 0 Å². The predicted molar refractivity (Wildman–Crippen MR) is 167 cm³/mol. The molecular weight excluding hydrogens is 695 g/mol. The Balaban J connectivity index is 1.40. The fourth-order valence-electron chi connectivity index (χ4n) is 4.89. The maximum Gasteiger partial charge on any atom is 0.338 e. The summed E-state index contributed by atoms with van der Waals surface area (Å²) >= 11 is 2.02. The molecule has 228 valence electrons. The molecule has 4 atom stereocenters. The van der Waals surface area contributed by atoms with Crippen LogP contribution in [0.2, 0.25) is 0 Å². The van der Waals surface area contributed by atoms with Gasteiger partial charge in [-0.25, -0.2) is 29.0 Å². The number of fused-ring (bicyclic) bond motifs is 1. The van der Waals surface area contributed by atoms with Crippen LogP contribution >= 0.6 is 22.6 Å². The number of halogens is 1. The van der Waals surface area contributed by atoms with Crippen LogP contribution in [0.5, 0.6) is 5.88 Å². The van der Waals surface area contributed by atoms with Gasteiger partial charge in [0.2, 0.25) is 5.88 Å². The first kappa shape index (κ1) is 30.1. The van der Waals surface area contributed by atoms with E-state index in [4.69, 9.17) is 23.7 Å². The molecular formula is C32H25IN4O8. The Morgan fingerprint density at radius 1 is 0.778 bits per heavy atom. The lowest BCUT2D eigenvalue weighted by molar-refractivity contribution is -0.0655. The molecule has 0 amide bonds. The van der Waals surface area contributed by atoms with E-state index in [0.717, 1.165) is 0 Å². The number of methoxy groups -OCH3 is 1. The van der Waals surface area contributed by atoms with Crippen molar-refractivity contribution >= 4 is 51.5 Å². The third-order valence-electron chi connectivity index (χ3n) is 7.02. The van der Waals surface area contributed by atoms with Gasteiger partial charge in [-0.15, -0.1) is 0 Å². The van der Waals surface area contributed by atoms with Gasteiger partial charge in [-0.3, -0.25) is 0 Å². The van der Waals surface area contributed by atoms with Crippen molar-refractivity contribution in [2.45, 2.75) is 24.5 Å². The molecule has 0 radical (unpaired) electrons. The van der Waals surface area contributed by atoms with Gasteiger partial charge < -0.3 is 23.7 Å². The lowest BCUT2D eigenvalue weighted by Gasteiger charge is -2.24. The SMILES string of the molecule is COc1ncnc2c1c(I)nn2[C@@H]1O[C@H](COC(=O)c2ccccc2)[C@@H](OC(=O)c2ccccc2)[C@H]1OC(=O)c1ccccc1. The zero-order chi connectivity index (χ0) is 31.3. The molecule has 3 heterocycles. The highest BCUT2D eigenvalue weighted by Crippen LogP contribution is 2.38. The summed E-state index contributed by atoms with van der Waals surface area (Å²) in [5.41, 5.74) is 1.19. The molecule has 0 aliphatic carbocycles. The van der Waals surface area contributed by atoms with Crippen LogP contribution in [0.1, 0.15) is 37.3 Å². The maximum absolute atomic E-state index is 13.4. The number of aromatic nitrogens is 4. The van der Waals surface area contributed by atoms with Gasteiger partial charge in [-0.1, -0.05) is 54.6 Å². The molecule has 0 N–H and O–H groups in total. The number of nitrogens with zero attached hydrogens (tertiary/aromatic N) is 4. The average molecular weight is 720 g/mol. The predicted octanol–water partition coefficient (Wildman–Crippen LogP) is 4.65. The summed E-state index contributed by atoms with van der Waals surface area (Å²) in [5, 5.41) is 5.12. The number of rotatable bonds is 9. The third kappa shape index (κ3) is 6.35. The van der Waals surface area contributed by atoms with Crippen molar-refractivity contribution in [3.63, 3.8) is 0 Å². The maximum atomic E-state index is 13.4. The largest absolute Gasteiger partial charge is 0.480 e. The average Bonchev–Trinajstić information content (AvgIpc) is 3.60. The zero-order valence-corrected chi connectivity index (χ0v) is 25.8. The fraction of sp³-hybridized carbons (Fsp3) is 0.188. The van der Waals surface area contributed by atoms with Crippen LogP contribution in [-0.2, 0) is 18.9 Å². The molecule has 0 saturated carbocycles. The quantitative estimate of drug-likeness (QED) is 0.119. The van der Waals surface area contributed by atoms with Gasteiger partial charge in [0.05, 0.1) is 23.8 Å². The standard InChI is InChI=1S/C32H25IN4O8/c1-41-28-23-26(33)36-37(27(23)34-18-35-28)29-25(45-32(40)21-15-9-4-10-16-21)24(44-31(39)20-13-7-3-8-14-20)22(43-29)17-42-30(38)19-11-5-2-6-12-19/h2-16,18,22,24-25,29H,17H2,1H3/t22-,24-,25-,29-/m1/s1. The van der Waals surface area contributed by atoms with Gasteiger partial charge in [0.25, 0.3) is 0 Å². The van der Waals surface area contributed by atoms with Crippen molar-refractivity contribution in [1.82, 2.24) is 19.7 Å². The molecule has 1 aliphatic rings. The van der Waals surface area contributed by atoms with Crippen molar-refractivity contribution < 1.29 is 38.1 Å². The number of benzene rings is 3. The minimum absolute atomic E-state index is 0.269. The van der Waals surface area contributed by atoms with E-state index in [0.29, 0.717) is 20.3 Å². The number of esters is 3. The monoisotopic (exact) mass is 720 g/mol. The number of carbonyl (C=O) groups is 3. The van der Waals surface area contributed by atoms with Crippen LogP contribution in [-0.4, -0.2) is 69.7 Å². The Bertz CT molecular complexity index is 1820. The first-order chi connectivity index (χ1) is 21.9. The summed E-state index contributed by atoms with van der Waals surface area (Å²) in [7, 11) is 1.47. The third-order valence-corrected chi connectivity index (χ3v) is 7.78. The van der Waals surface area contributed by atoms with E-state index in [1.807, 2.05) is 22.6 Å².